The Balaban J connectivity index is 1.86. The first-order valence-electron chi connectivity index (χ1n) is 8.60. The average molecular weight is 377 g/mol. The Morgan fingerprint density at radius 2 is 2.00 bits per heavy atom. The molecule has 0 bridgehead atoms. The first-order chi connectivity index (χ1) is 12.5. The lowest BCUT2D eigenvalue weighted by molar-refractivity contribution is 0.0596. The van der Waals surface area contributed by atoms with E-state index in [0.29, 0.717) is 19.6 Å². The van der Waals surface area contributed by atoms with Crippen LogP contribution in [0.3, 0.4) is 0 Å². The fraction of sp³-hybridized carbons (Fsp3) is 0.389. The van der Waals surface area contributed by atoms with Crippen molar-refractivity contribution in [3.8, 4) is 0 Å². The Bertz CT molecular complexity index is 874. The van der Waals surface area contributed by atoms with Gasteiger partial charge in [0.15, 0.2) is 5.76 Å². The second-order valence-corrected chi connectivity index (χ2v) is 7.96. The van der Waals surface area contributed by atoms with Gasteiger partial charge in [-0.25, -0.2) is 13.1 Å². The molecule has 7 nitrogen and oxygen atoms in total. The number of sulfonamides is 1. The maximum absolute atomic E-state index is 12.9. The van der Waals surface area contributed by atoms with Crippen LogP contribution in [0, 0.1) is 0 Å². The van der Waals surface area contributed by atoms with Crippen LogP contribution in [0.15, 0.2) is 45.9 Å². The van der Waals surface area contributed by atoms with Crippen molar-refractivity contribution < 1.29 is 17.6 Å². The van der Waals surface area contributed by atoms with Crippen molar-refractivity contribution in [1.82, 2.24) is 14.9 Å². The monoisotopic (exact) mass is 377 g/mol. The number of nitrogens with one attached hydrogen (secondary N) is 2. The summed E-state index contributed by atoms with van der Waals surface area (Å²) in [6.07, 6.45) is 0.959. The standard InChI is InChI=1S/C18H23N3O4S/c1-3-13-4-6-14(7-5-13)15-12-20-10-11-21(15)18(22)16-8-9-17(25-16)26(23,24)19-2/h4-9,15,19-20H,3,10-12H2,1-2H3. The molecule has 0 saturated carbocycles. The minimum absolute atomic E-state index is 0.0240. The molecule has 1 fully saturated rings. The highest BCUT2D eigenvalue weighted by atomic mass is 32.2. The van der Waals surface area contributed by atoms with Crippen LogP contribution in [0.4, 0.5) is 0 Å². The number of amides is 1. The molecule has 2 aromatic rings. The summed E-state index contributed by atoms with van der Waals surface area (Å²) in [6.45, 7) is 3.94. The lowest BCUT2D eigenvalue weighted by Crippen LogP contribution is -2.48. The molecule has 1 aromatic carbocycles. The van der Waals surface area contributed by atoms with Crippen molar-refractivity contribution in [1.29, 1.82) is 0 Å². The number of benzene rings is 1. The maximum Gasteiger partial charge on any atom is 0.290 e. The van der Waals surface area contributed by atoms with E-state index in [1.165, 1.54) is 24.7 Å². The lowest BCUT2D eigenvalue weighted by atomic mass is 10.0. The van der Waals surface area contributed by atoms with Crippen molar-refractivity contribution in [2.24, 2.45) is 0 Å². The third-order valence-corrected chi connectivity index (χ3v) is 5.89. The third-order valence-electron chi connectivity index (χ3n) is 4.60. The minimum atomic E-state index is -3.71. The van der Waals surface area contributed by atoms with Gasteiger partial charge in [0, 0.05) is 19.6 Å². The lowest BCUT2D eigenvalue weighted by Gasteiger charge is -2.36. The summed E-state index contributed by atoms with van der Waals surface area (Å²) in [6, 6.07) is 10.8. The van der Waals surface area contributed by atoms with Gasteiger partial charge >= 0.3 is 0 Å². The normalized spacial score (nSPS) is 18.1. The van der Waals surface area contributed by atoms with Crippen LogP contribution < -0.4 is 10.0 Å². The van der Waals surface area contributed by atoms with E-state index in [1.54, 1.807) is 4.90 Å². The Labute approximate surface area is 153 Å². The van der Waals surface area contributed by atoms with E-state index in [2.05, 4.69) is 29.1 Å². The van der Waals surface area contributed by atoms with E-state index in [9.17, 15) is 13.2 Å². The topological polar surface area (TPSA) is 91.7 Å². The molecular weight excluding hydrogens is 354 g/mol. The van der Waals surface area contributed by atoms with Gasteiger partial charge in [0.1, 0.15) is 0 Å². The third kappa shape index (κ3) is 3.67. The summed E-state index contributed by atoms with van der Waals surface area (Å²) >= 11 is 0. The summed E-state index contributed by atoms with van der Waals surface area (Å²) < 4.78 is 31.1. The zero-order chi connectivity index (χ0) is 18.7. The first kappa shape index (κ1) is 18.6. The van der Waals surface area contributed by atoms with Gasteiger partial charge in [-0.05, 0) is 36.7 Å². The van der Waals surface area contributed by atoms with E-state index in [4.69, 9.17) is 4.42 Å². The van der Waals surface area contributed by atoms with Crippen LogP contribution >= 0.6 is 0 Å². The number of furan rings is 1. The predicted octanol–water partition coefficient (Wildman–Crippen LogP) is 1.54. The molecule has 0 aliphatic carbocycles. The number of carbonyl (C=O) groups is 1. The largest absolute Gasteiger partial charge is 0.438 e. The molecule has 1 atom stereocenters. The van der Waals surface area contributed by atoms with Crippen molar-refractivity contribution in [2.45, 2.75) is 24.5 Å². The number of aryl methyl sites for hydroxylation is 1. The number of rotatable bonds is 5. The summed E-state index contributed by atoms with van der Waals surface area (Å²) in [5.41, 5.74) is 2.28. The van der Waals surface area contributed by atoms with Crippen LogP contribution in [0.2, 0.25) is 0 Å². The number of hydrogen-bond acceptors (Lipinski definition) is 5. The highest BCUT2D eigenvalue weighted by Gasteiger charge is 2.31. The van der Waals surface area contributed by atoms with Crippen LogP contribution in [0.1, 0.15) is 34.6 Å². The van der Waals surface area contributed by atoms with Gasteiger partial charge in [0.05, 0.1) is 6.04 Å². The highest BCUT2D eigenvalue weighted by Crippen LogP contribution is 2.26. The first-order valence-corrected chi connectivity index (χ1v) is 10.1. The Hall–Kier alpha value is -2.16. The Morgan fingerprint density at radius 3 is 2.65 bits per heavy atom. The molecule has 0 spiro atoms. The molecule has 1 unspecified atom stereocenters. The van der Waals surface area contributed by atoms with Crippen molar-refractivity contribution >= 4 is 15.9 Å². The molecule has 1 saturated heterocycles. The zero-order valence-corrected chi connectivity index (χ0v) is 15.7. The van der Waals surface area contributed by atoms with Gasteiger partial charge in [0.2, 0.25) is 5.09 Å². The zero-order valence-electron chi connectivity index (χ0n) is 14.9. The second kappa shape index (κ2) is 7.61. The van der Waals surface area contributed by atoms with Gasteiger partial charge in [-0.15, -0.1) is 0 Å². The molecule has 2 N–H and O–H groups in total. The predicted molar refractivity (Wildman–Crippen MR) is 97.4 cm³/mol. The van der Waals surface area contributed by atoms with Crippen LogP contribution in [-0.4, -0.2) is 45.9 Å². The molecule has 26 heavy (non-hydrogen) atoms. The van der Waals surface area contributed by atoms with Crippen LogP contribution in [-0.2, 0) is 16.4 Å². The van der Waals surface area contributed by atoms with Crippen molar-refractivity contribution in [2.75, 3.05) is 26.7 Å². The molecule has 1 amide bonds. The van der Waals surface area contributed by atoms with Gasteiger partial charge in [0.25, 0.3) is 15.9 Å². The molecule has 0 radical (unpaired) electrons. The fourth-order valence-electron chi connectivity index (χ4n) is 3.04. The number of piperazine rings is 1. The maximum atomic E-state index is 12.9. The minimum Gasteiger partial charge on any atom is -0.438 e. The summed E-state index contributed by atoms with van der Waals surface area (Å²) in [5.74, 6) is -0.287. The summed E-state index contributed by atoms with van der Waals surface area (Å²) in [7, 11) is -2.42. The smallest absolute Gasteiger partial charge is 0.290 e. The molecule has 1 aliphatic heterocycles. The van der Waals surface area contributed by atoms with Crippen LogP contribution in [0.5, 0.6) is 0 Å². The molecular formula is C18H23N3O4S. The van der Waals surface area contributed by atoms with E-state index < -0.39 is 10.0 Å². The van der Waals surface area contributed by atoms with Crippen LogP contribution in [0.25, 0.3) is 0 Å². The Morgan fingerprint density at radius 1 is 1.27 bits per heavy atom. The van der Waals surface area contributed by atoms with Gasteiger partial charge in [-0.2, -0.15) is 0 Å². The van der Waals surface area contributed by atoms with E-state index in [-0.39, 0.29) is 22.8 Å². The summed E-state index contributed by atoms with van der Waals surface area (Å²) in [5, 5.41) is 3.04. The van der Waals surface area contributed by atoms with E-state index in [1.807, 2.05) is 12.1 Å². The molecule has 3 rings (SSSR count). The molecule has 1 aliphatic rings. The van der Waals surface area contributed by atoms with Gasteiger partial charge in [-0.3, -0.25) is 4.79 Å². The van der Waals surface area contributed by atoms with Gasteiger partial charge < -0.3 is 14.6 Å². The highest BCUT2D eigenvalue weighted by molar-refractivity contribution is 7.89. The van der Waals surface area contributed by atoms with E-state index in [0.717, 1.165) is 12.0 Å². The summed E-state index contributed by atoms with van der Waals surface area (Å²) in [4.78, 5) is 14.7. The van der Waals surface area contributed by atoms with Gasteiger partial charge in [-0.1, -0.05) is 31.2 Å². The molecule has 140 valence electrons. The van der Waals surface area contributed by atoms with Crippen molar-refractivity contribution in [3.05, 3.63) is 53.3 Å². The second-order valence-electron chi connectivity index (χ2n) is 6.14. The SMILES string of the molecule is CCc1ccc(C2CNCCN2C(=O)c2ccc(S(=O)(=O)NC)o2)cc1. The number of carbonyl (C=O) groups excluding carboxylic acids is 1. The quantitative estimate of drug-likeness (QED) is 0.825. The Kier molecular flexibility index (Phi) is 5.45. The molecule has 1 aromatic heterocycles. The van der Waals surface area contributed by atoms with E-state index >= 15 is 0 Å². The number of hydrogen-bond donors (Lipinski definition) is 2. The molecule has 8 heteroatoms. The average Bonchev–Trinajstić information content (AvgIpc) is 3.18. The number of nitrogens with zero attached hydrogens (tertiary/aromatic N) is 1. The van der Waals surface area contributed by atoms with Crippen molar-refractivity contribution in [3.63, 3.8) is 0 Å². The molecule has 2 heterocycles. The fourth-order valence-corrected chi connectivity index (χ4v) is 3.69.